The van der Waals surface area contributed by atoms with Crippen molar-refractivity contribution in [2.24, 2.45) is 0 Å². The lowest BCUT2D eigenvalue weighted by Crippen LogP contribution is -2.28. The summed E-state index contributed by atoms with van der Waals surface area (Å²) < 4.78 is 1.91. The Hall–Kier alpha value is -2.10. The summed E-state index contributed by atoms with van der Waals surface area (Å²) in [6, 6.07) is 11.8. The quantitative estimate of drug-likeness (QED) is 0.822. The number of nitrogens with zero attached hydrogens (tertiary/aromatic N) is 3. The Morgan fingerprint density at radius 3 is 2.68 bits per heavy atom. The molecule has 0 radical (unpaired) electrons. The normalized spacial score (nSPS) is 10.4. The zero-order chi connectivity index (χ0) is 13.7. The van der Waals surface area contributed by atoms with E-state index in [0.717, 1.165) is 17.8 Å². The van der Waals surface area contributed by atoms with Crippen molar-refractivity contribution in [3.8, 4) is 0 Å². The second-order valence-electron chi connectivity index (χ2n) is 4.55. The van der Waals surface area contributed by atoms with E-state index < -0.39 is 0 Å². The van der Waals surface area contributed by atoms with Gasteiger partial charge >= 0.3 is 0 Å². The number of benzene rings is 1. The highest BCUT2D eigenvalue weighted by atomic mass is 16.2. The van der Waals surface area contributed by atoms with E-state index >= 15 is 0 Å². The van der Waals surface area contributed by atoms with Gasteiger partial charge in [-0.05, 0) is 18.6 Å². The van der Waals surface area contributed by atoms with Crippen molar-refractivity contribution in [3.63, 3.8) is 0 Å². The van der Waals surface area contributed by atoms with Crippen molar-refractivity contribution < 1.29 is 4.79 Å². The van der Waals surface area contributed by atoms with Crippen LogP contribution in [0.3, 0.4) is 0 Å². The molecule has 0 saturated carbocycles. The number of aromatic nitrogens is 2. The lowest BCUT2D eigenvalue weighted by molar-refractivity contribution is -0.129. The zero-order valence-corrected chi connectivity index (χ0v) is 11.4. The second-order valence-corrected chi connectivity index (χ2v) is 4.55. The first-order valence-corrected chi connectivity index (χ1v) is 6.49. The summed E-state index contributed by atoms with van der Waals surface area (Å²) in [5.41, 5.74) is 2.11. The molecule has 1 aromatic carbocycles. The molecule has 0 aliphatic heterocycles. The van der Waals surface area contributed by atoms with Gasteiger partial charge in [-0.1, -0.05) is 30.3 Å². The van der Waals surface area contributed by atoms with Crippen LogP contribution in [-0.4, -0.2) is 27.6 Å². The molecule has 100 valence electrons. The molecule has 1 heterocycles. The highest BCUT2D eigenvalue weighted by molar-refractivity contribution is 5.78. The van der Waals surface area contributed by atoms with Crippen LogP contribution in [0.4, 0.5) is 0 Å². The van der Waals surface area contributed by atoms with Crippen molar-refractivity contribution >= 4 is 5.91 Å². The number of aryl methyl sites for hydroxylation is 1. The van der Waals surface area contributed by atoms with E-state index in [-0.39, 0.29) is 5.91 Å². The summed E-state index contributed by atoms with van der Waals surface area (Å²) in [6.45, 7) is 3.46. The fraction of sp³-hybridized carbons (Fsp3) is 0.333. The van der Waals surface area contributed by atoms with Crippen LogP contribution >= 0.6 is 0 Å². The minimum Gasteiger partial charge on any atom is -0.340 e. The molecule has 0 atom stereocenters. The van der Waals surface area contributed by atoms with Gasteiger partial charge in [0.05, 0.1) is 18.7 Å². The molecule has 0 aliphatic rings. The van der Waals surface area contributed by atoms with Crippen LogP contribution in [0.5, 0.6) is 0 Å². The third kappa shape index (κ3) is 3.44. The molecule has 0 aliphatic carbocycles. The molecule has 0 saturated heterocycles. The number of likely N-dealkylation sites (N-methyl/N-ethyl adjacent to an activating group) is 1. The average Bonchev–Trinajstić information content (AvgIpc) is 2.87. The van der Waals surface area contributed by atoms with Gasteiger partial charge in [-0.3, -0.25) is 9.48 Å². The van der Waals surface area contributed by atoms with Crippen LogP contribution in [0.2, 0.25) is 0 Å². The van der Waals surface area contributed by atoms with E-state index in [4.69, 9.17) is 0 Å². The van der Waals surface area contributed by atoms with Crippen molar-refractivity contribution in [1.29, 1.82) is 0 Å². The summed E-state index contributed by atoms with van der Waals surface area (Å²) in [5, 5.41) is 4.21. The van der Waals surface area contributed by atoms with Crippen LogP contribution in [-0.2, 0) is 24.3 Å². The van der Waals surface area contributed by atoms with Gasteiger partial charge in [0.25, 0.3) is 0 Å². The largest absolute Gasteiger partial charge is 0.340 e. The summed E-state index contributed by atoms with van der Waals surface area (Å²) in [5.74, 6) is 0.120. The van der Waals surface area contributed by atoms with Crippen LogP contribution in [0.15, 0.2) is 42.6 Å². The molecule has 1 aromatic heterocycles. The Morgan fingerprint density at radius 1 is 1.26 bits per heavy atom. The van der Waals surface area contributed by atoms with Gasteiger partial charge in [-0.2, -0.15) is 5.10 Å². The second kappa shape index (κ2) is 6.18. The summed E-state index contributed by atoms with van der Waals surface area (Å²) in [4.78, 5) is 13.9. The molecular formula is C15H19N3O. The van der Waals surface area contributed by atoms with E-state index in [1.54, 1.807) is 11.1 Å². The number of amides is 1. The first-order valence-electron chi connectivity index (χ1n) is 6.49. The monoisotopic (exact) mass is 257 g/mol. The molecule has 2 aromatic rings. The molecule has 19 heavy (non-hydrogen) atoms. The van der Waals surface area contributed by atoms with Crippen molar-refractivity contribution in [1.82, 2.24) is 14.7 Å². The lowest BCUT2D eigenvalue weighted by atomic mass is 10.1. The van der Waals surface area contributed by atoms with Crippen LogP contribution in [0.25, 0.3) is 0 Å². The molecule has 0 bridgehead atoms. The Balaban J connectivity index is 1.96. The highest BCUT2D eigenvalue weighted by Gasteiger charge is 2.12. The SMILES string of the molecule is CCn1nccc1CN(C)C(=O)Cc1ccccc1. The van der Waals surface area contributed by atoms with Crippen molar-refractivity contribution in [3.05, 3.63) is 53.9 Å². The van der Waals surface area contributed by atoms with Gasteiger partial charge in [0.2, 0.25) is 5.91 Å². The molecule has 4 heteroatoms. The van der Waals surface area contributed by atoms with E-state index in [9.17, 15) is 4.79 Å². The van der Waals surface area contributed by atoms with E-state index in [0.29, 0.717) is 13.0 Å². The maximum absolute atomic E-state index is 12.1. The molecule has 0 fully saturated rings. The Kier molecular flexibility index (Phi) is 4.34. The van der Waals surface area contributed by atoms with Crippen molar-refractivity contribution in [2.75, 3.05) is 7.05 Å². The van der Waals surface area contributed by atoms with Gasteiger partial charge in [0.15, 0.2) is 0 Å². The van der Waals surface area contributed by atoms with Crippen LogP contribution in [0.1, 0.15) is 18.2 Å². The molecular weight excluding hydrogens is 238 g/mol. The molecule has 4 nitrogen and oxygen atoms in total. The molecule has 0 N–H and O–H groups in total. The maximum Gasteiger partial charge on any atom is 0.227 e. The fourth-order valence-corrected chi connectivity index (χ4v) is 2.02. The number of carbonyl (C=O) groups is 1. The van der Waals surface area contributed by atoms with Crippen LogP contribution < -0.4 is 0 Å². The highest BCUT2D eigenvalue weighted by Crippen LogP contribution is 2.06. The lowest BCUT2D eigenvalue weighted by Gasteiger charge is -2.17. The van der Waals surface area contributed by atoms with E-state index in [1.807, 2.05) is 55.1 Å². The van der Waals surface area contributed by atoms with Gasteiger partial charge < -0.3 is 4.90 Å². The predicted molar refractivity (Wildman–Crippen MR) is 74.5 cm³/mol. The van der Waals surface area contributed by atoms with Gasteiger partial charge in [0.1, 0.15) is 0 Å². The third-order valence-corrected chi connectivity index (χ3v) is 3.13. The van der Waals surface area contributed by atoms with E-state index in [1.165, 1.54) is 0 Å². The summed E-state index contributed by atoms with van der Waals surface area (Å²) >= 11 is 0. The summed E-state index contributed by atoms with van der Waals surface area (Å²) in [6.07, 6.45) is 2.21. The van der Waals surface area contributed by atoms with Gasteiger partial charge in [-0.25, -0.2) is 0 Å². The molecule has 1 amide bonds. The van der Waals surface area contributed by atoms with Crippen molar-refractivity contribution in [2.45, 2.75) is 26.4 Å². The number of hydrogen-bond donors (Lipinski definition) is 0. The smallest absolute Gasteiger partial charge is 0.227 e. The minimum absolute atomic E-state index is 0.120. The number of carbonyl (C=O) groups excluding carboxylic acids is 1. The molecule has 0 unspecified atom stereocenters. The van der Waals surface area contributed by atoms with Gasteiger partial charge in [0, 0.05) is 19.8 Å². The van der Waals surface area contributed by atoms with Crippen LogP contribution in [0, 0.1) is 0 Å². The topological polar surface area (TPSA) is 38.1 Å². The Labute approximate surface area is 113 Å². The average molecular weight is 257 g/mol. The maximum atomic E-state index is 12.1. The third-order valence-electron chi connectivity index (χ3n) is 3.13. The fourth-order valence-electron chi connectivity index (χ4n) is 2.02. The first kappa shape index (κ1) is 13.3. The molecule has 0 spiro atoms. The number of hydrogen-bond acceptors (Lipinski definition) is 2. The van der Waals surface area contributed by atoms with E-state index in [2.05, 4.69) is 5.10 Å². The Morgan fingerprint density at radius 2 is 2.00 bits per heavy atom. The standard InChI is InChI=1S/C15H19N3O/c1-3-18-14(9-10-16-18)12-17(2)15(19)11-13-7-5-4-6-8-13/h4-10H,3,11-12H2,1-2H3. The minimum atomic E-state index is 0.120. The summed E-state index contributed by atoms with van der Waals surface area (Å²) in [7, 11) is 1.83. The Bertz CT molecular complexity index is 533. The first-order chi connectivity index (χ1) is 9.20. The predicted octanol–water partition coefficient (Wildman–Crippen LogP) is 2.10. The van der Waals surface area contributed by atoms with Gasteiger partial charge in [-0.15, -0.1) is 0 Å². The molecule has 2 rings (SSSR count). The zero-order valence-electron chi connectivity index (χ0n) is 11.4. The number of rotatable bonds is 5.